The number of aldehydes is 1. The van der Waals surface area contributed by atoms with Crippen LogP contribution in [0.15, 0.2) is 35.7 Å². The van der Waals surface area contributed by atoms with E-state index in [2.05, 4.69) is 5.32 Å². The fourth-order valence-corrected chi connectivity index (χ4v) is 0.748. The highest BCUT2D eigenvalue weighted by Crippen LogP contribution is 2.02. The number of hydrogen-bond donors (Lipinski definition) is 2. The van der Waals surface area contributed by atoms with Crippen molar-refractivity contribution in [2.45, 2.75) is 0 Å². The van der Waals surface area contributed by atoms with Crippen LogP contribution in [-0.2, 0) is 4.79 Å². The monoisotopic (exact) mass is 148 g/mol. The van der Waals surface area contributed by atoms with Crippen LogP contribution in [0, 0.1) is 5.41 Å². The maximum atomic E-state index is 10.3. The van der Waals surface area contributed by atoms with Crippen LogP contribution in [0.3, 0.4) is 0 Å². The largest absolute Gasteiger partial charge is 0.361 e. The van der Waals surface area contributed by atoms with Crippen LogP contribution < -0.4 is 5.32 Å². The molecule has 1 heterocycles. The summed E-state index contributed by atoms with van der Waals surface area (Å²) < 4.78 is 0. The van der Waals surface area contributed by atoms with E-state index >= 15 is 0 Å². The average Bonchev–Trinajstić information content (AvgIpc) is 2.09. The Bertz CT molecular complexity index is 251. The lowest BCUT2D eigenvalue weighted by Crippen LogP contribution is -2.09. The number of rotatable bonds is 2. The second-order valence-electron chi connectivity index (χ2n) is 1.99. The van der Waals surface area contributed by atoms with Crippen LogP contribution in [0.2, 0.25) is 0 Å². The van der Waals surface area contributed by atoms with Crippen molar-refractivity contribution in [3.63, 3.8) is 0 Å². The van der Waals surface area contributed by atoms with E-state index in [-0.39, 0.29) is 0 Å². The van der Waals surface area contributed by atoms with Gasteiger partial charge in [-0.25, -0.2) is 0 Å². The minimum atomic E-state index is 0.352. The van der Waals surface area contributed by atoms with Crippen LogP contribution in [0.4, 0.5) is 0 Å². The Morgan fingerprint density at radius 2 is 2.36 bits per heavy atom. The highest BCUT2D eigenvalue weighted by Gasteiger charge is 1.99. The van der Waals surface area contributed by atoms with E-state index in [0.717, 1.165) is 6.21 Å². The number of carbonyl (C=O) groups is 1. The number of dihydropyridines is 1. The lowest BCUT2D eigenvalue weighted by Gasteiger charge is -2.05. The first-order valence-electron chi connectivity index (χ1n) is 3.18. The molecule has 0 bridgehead atoms. The summed E-state index contributed by atoms with van der Waals surface area (Å²) in [6, 6.07) is 0. The number of hydrogen-bond acceptors (Lipinski definition) is 3. The van der Waals surface area contributed by atoms with Crippen molar-refractivity contribution in [3.05, 3.63) is 35.7 Å². The topological polar surface area (TPSA) is 53.0 Å². The van der Waals surface area contributed by atoms with Crippen molar-refractivity contribution in [3.8, 4) is 0 Å². The lowest BCUT2D eigenvalue weighted by atomic mass is 10.2. The number of carbonyl (C=O) groups excluding carboxylic acids is 1. The van der Waals surface area contributed by atoms with Crippen molar-refractivity contribution in [1.82, 2.24) is 5.32 Å². The quantitative estimate of drug-likeness (QED) is 0.345. The van der Waals surface area contributed by atoms with E-state index in [4.69, 9.17) is 5.41 Å². The Morgan fingerprint density at radius 3 is 2.82 bits per heavy atom. The zero-order valence-electron chi connectivity index (χ0n) is 5.87. The summed E-state index contributed by atoms with van der Waals surface area (Å²) in [6.07, 6.45) is 8.75. The molecule has 11 heavy (non-hydrogen) atoms. The second-order valence-corrected chi connectivity index (χ2v) is 1.99. The molecule has 0 amide bonds. The molecule has 1 aliphatic rings. The maximum absolute atomic E-state index is 10.3. The van der Waals surface area contributed by atoms with Crippen molar-refractivity contribution in [2.24, 2.45) is 0 Å². The molecular weight excluding hydrogens is 140 g/mol. The third-order valence-corrected chi connectivity index (χ3v) is 1.30. The van der Waals surface area contributed by atoms with Crippen LogP contribution in [-0.4, -0.2) is 12.5 Å². The van der Waals surface area contributed by atoms with E-state index in [1.807, 2.05) is 6.08 Å². The molecule has 0 atom stereocenters. The first kappa shape index (κ1) is 7.47. The molecule has 0 spiro atoms. The first-order chi connectivity index (χ1) is 5.38. The van der Waals surface area contributed by atoms with Crippen LogP contribution >= 0.6 is 0 Å². The molecule has 1 rings (SSSR count). The molecule has 0 aromatic rings. The molecule has 1 aliphatic heterocycles. The highest BCUT2D eigenvalue weighted by molar-refractivity contribution is 6.01. The zero-order chi connectivity index (χ0) is 8.10. The maximum Gasteiger partial charge on any atom is 0.153 e. The predicted molar refractivity (Wildman–Crippen MR) is 43.3 cm³/mol. The van der Waals surface area contributed by atoms with Gasteiger partial charge in [0.05, 0.1) is 11.3 Å². The average molecular weight is 148 g/mol. The summed E-state index contributed by atoms with van der Waals surface area (Å²) in [5.74, 6) is 0. The third-order valence-electron chi connectivity index (χ3n) is 1.30. The fraction of sp³-hybridized carbons (Fsp3) is 0. The summed E-state index contributed by atoms with van der Waals surface area (Å²) in [5.41, 5.74) is 1.02. The molecule has 0 unspecified atom stereocenters. The summed E-state index contributed by atoms with van der Waals surface area (Å²) in [7, 11) is 0. The molecule has 0 saturated heterocycles. The minimum Gasteiger partial charge on any atom is -0.361 e. The number of nitrogens with one attached hydrogen (secondary N) is 2. The van der Waals surface area contributed by atoms with Crippen molar-refractivity contribution < 1.29 is 4.79 Å². The molecule has 0 aromatic heterocycles. The summed E-state index contributed by atoms with van der Waals surface area (Å²) in [4.78, 5) is 10.3. The Hall–Kier alpha value is -1.64. The Labute approximate surface area is 64.6 Å². The fourth-order valence-electron chi connectivity index (χ4n) is 0.748. The molecule has 0 saturated carbocycles. The van der Waals surface area contributed by atoms with Gasteiger partial charge in [-0.1, -0.05) is 6.08 Å². The second kappa shape index (κ2) is 3.51. The van der Waals surface area contributed by atoms with Gasteiger partial charge in [-0.15, -0.1) is 0 Å². The van der Waals surface area contributed by atoms with Gasteiger partial charge in [0.1, 0.15) is 0 Å². The number of allylic oxidation sites excluding steroid dienone is 4. The zero-order valence-corrected chi connectivity index (χ0v) is 5.87. The van der Waals surface area contributed by atoms with E-state index in [9.17, 15) is 4.79 Å². The molecule has 56 valence electrons. The molecule has 0 aromatic carbocycles. The summed E-state index contributed by atoms with van der Waals surface area (Å²) >= 11 is 0. The third kappa shape index (κ3) is 1.64. The van der Waals surface area contributed by atoms with Gasteiger partial charge in [-0.05, 0) is 12.2 Å². The molecule has 3 heteroatoms. The van der Waals surface area contributed by atoms with Crippen LogP contribution in [0.5, 0.6) is 0 Å². The van der Waals surface area contributed by atoms with Crippen LogP contribution in [0.25, 0.3) is 0 Å². The Balaban J connectivity index is 2.94. The Kier molecular flexibility index (Phi) is 2.38. The van der Waals surface area contributed by atoms with Gasteiger partial charge >= 0.3 is 0 Å². The predicted octanol–water partition coefficient (Wildman–Crippen LogP) is 0.762. The molecule has 0 radical (unpaired) electrons. The van der Waals surface area contributed by atoms with Crippen molar-refractivity contribution in [2.75, 3.05) is 0 Å². The summed E-state index contributed by atoms with van der Waals surface area (Å²) in [6.45, 7) is 0. The van der Waals surface area contributed by atoms with Gasteiger partial charge in [0.15, 0.2) is 6.29 Å². The molecule has 0 aliphatic carbocycles. The van der Waals surface area contributed by atoms with Gasteiger partial charge in [0.2, 0.25) is 0 Å². The van der Waals surface area contributed by atoms with Gasteiger partial charge in [-0.2, -0.15) is 0 Å². The van der Waals surface area contributed by atoms with Gasteiger partial charge in [0.25, 0.3) is 0 Å². The van der Waals surface area contributed by atoms with E-state index in [1.165, 1.54) is 0 Å². The lowest BCUT2D eigenvalue weighted by molar-refractivity contribution is -0.104. The highest BCUT2D eigenvalue weighted by atomic mass is 16.1. The normalized spacial score (nSPS) is 18.9. The smallest absolute Gasteiger partial charge is 0.153 e. The minimum absolute atomic E-state index is 0.352. The van der Waals surface area contributed by atoms with Crippen LogP contribution in [0.1, 0.15) is 0 Å². The van der Waals surface area contributed by atoms with E-state index < -0.39 is 0 Å². The van der Waals surface area contributed by atoms with E-state index in [1.54, 1.807) is 18.4 Å². The van der Waals surface area contributed by atoms with Gasteiger partial charge in [-0.3, -0.25) is 4.79 Å². The molecule has 2 N–H and O–H groups in total. The van der Waals surface area contributed by atoms with Crippen molar-refractivity contribution >= 4 is 12.5 Å². The van der Waals surface area contributed by atoms with Gasteiger partial charge in [0, 0.05) is 12.4 Å². The Morgan fingerprint density at radius 1 is 1.55 bits per heavy atom. The SMILES string of the molecule is N=C/C(C=O)=C1/C=CC=CN1. The molecular formula is C8H8N2O. The molecule has 0 fully saturated rings. The molecule has 3 nitrogen and oxygen atoms in total. The first-order valence-corrected chi connectivity index (χ1v) is 3.18. The van der Waals surface area contributed by atoms with E-state index in [0.29, 0.717) is 17.6 Å². The summed E-state index contributed by atoms with van der Waals surface area (Å²) in [5, 5.41) is 9.73. The standard InChI is InChI=1S/C8H8N2O/c9-5-7(6-11)8-3-1-2-4-10-8/h1-6,9-10H/b8-7+,9-5?. The van der Waals surface area contributed by atoms with Gasteiger partial charge < -0.3 is 10.7 Å². The van der Waals surface area contributed by atoms with Crippen molar-refractivity contribution in [1.29, 1.82) is 5.41 Å².